The molecule has 1 fully saturated rings. The highest BCUT2D eigenvalue weighted by atomic mass is 16.1. The number of carbonyl (C=O) groups excluding carboxylic acids is 1. The molecule has 1 aliphatic carbocycles. The first-order valence-electron chi connectivity index (χ1n) is 8.37. The Balaban J connectivity index is 1.64. The Labute approximate surface area is 127 Å². The molecule has 0 saturated carbocycles. The van der Waals surface area contributed by atoms with Gasteiger partial charge in [0.2, 0.25) is 5.91 Å². The third-order valence-electron chi connectivity index (χ3n) is 4.90. The van der Waals surface area contributed by atoms with Gasteiger partial charge in [-0.2, -0.15) is 0 Å². The van der Waals surface area contributed by atoms with Crippen molar-refractivity contribution in [3.63, 3.8) is 0 Å². The van der Waals surface area contributed by atoms with Crippen molar-refractivity contribution in [3.8, 4) is 0 Å². The molecule has 3 nitrogen and oxygen atoms in total. The number of aryl methyl sites for hydroxylation is 2. The number of benzene rings is 1. The number of piperidine rings is 1. The Morgan fingerprint density at radius 3 is 2.81 bits per heavy atom. The zero-order valence-electron chi connectivity index (χ0n) is 13.0. The highest BCUT2D eigenvalue weighted by molar-refractivity contribution is 5.79. The molecule has 114 valence electrons. The average Bonchev–Trinajstić information content (AvgIpc) is 2.55. The fraction of sp³-hybridized carbons (Fsp3) is 0.611. The predicted octanol–water partition coefficient (Wildman–Crippen LogP) is 2.74. The van der Waals surface area contributed by atoms with Crippen LogP contribution in [0.2, 0.25) is 0 Å². The first kappa shape index (κ1) is 14.6. The fourth-order valence-electron chi connectivity index (χ4n) is 3.51. The van der Waals surface area contributed by atoms with Crippen LogP contribution >= 0.6 is 0 Å². The molecule has 2 atom stereocenters. The van der Waals surface area contributed by atoms with E-state index in [2.05, 4.69) is 35.8 Å². The van der Waals surface area contributed by atoms with Gasteiger partial charge in [0, 0.05) is 6.54 Å². The summed E-state index contributed by atoms with van der Waals surface area (Å²) in [5, 5.41) is 6.50. The molecular formula is C18H26N2O. The molecule has 1 heterocycles. The lowest BCUT2D eigenvalue weighted by molar-refractivity contribution is -0.126. The Kier molecular flexibility index (Phi) is 4.59. The minimum atomic E-state index is 0.103. The van der Waals surface area contributed by atoms with Gasteiger partial charge >= 0.3 is 0 Å². The lowest BCUT2D eigenvalue weighted by atomic mass is 9.89. The van der Waals surface area contributed by atoms with Crippen molar-refractivity contribution in [3.05, 3.63) is 34.9 Å². The van der Waals surface area contributed by atoms with E-state index in [-0.39, 0.29) is 17.9 Å². The van der Waals surface area contributed by atoms with Gasteiger partial charge in [0.25, 0.3) is 0 Å². The van der Waals surface area contributed by atoms with Crippen LogP contribution in [-0.2, 0) is 17.6 Å². The third kappa shape index (κ3) is 3.46. The number of nitrogens with one attached hydrogen (secondary N) is 2. The van der Waals surface area contributed by atoms with E-state index in [1.54, 1.807) is 0 Å². The summed E-state index contributed by atoms with van der Waals surface area (Å²) < 4.78 is 0. The van der Waals surface area contributed by atoms with Crippen LogP contribution in [0, 0.1) is 5.92 Å². The largest absolute Gasteiger partial charge is 0.349 e. The van der Waals surface area contributed by atoms with E-state index in [0.29, 0.717) is 0 Å². The molecule has 1 aromatic rings. The first-order chi connectivity index (χ1) is 10.2. The number of amides is 1. The van der Waals surface area contributed by atoms with E-state index in [4.69, 9.17) is 0 Å². The van der Waals surface area contributed by atoms with Crippen molar-refractivity contribution in [2.45, 2.75) is 51.5 Å². The quantitative estimate of drug-likeness (QED) is 0.897. The Hall–Kier alpha value is -1.35. The monoisotopic (exact) mass is 286 g/mol. The standard InChI is InChI=1S/C18H26N2O/c1-13(20-18(21)17-7-4-10-19-12-17)15-9-8-14-5-2-3-6-16(14)11-15/h8-9,11,13,17,19H,2-7,10,12H2,1H3,(H,20,21)/t13?,17-/m0/s1. The molecule has 1 saturated heterocycles. The van der Waals surface area contributed by atoms with Crippen LogP contribution in [0.25, 0.3) is 0 Å². The fourth-order valence-corrected chi connectivity index (χ4v) is 3.51. The van der Waals surface area contributed by atoms with Crippen LogP contribution in [-0.4, -0.2) is 19.0 Å². The summed E-state index contributed by atoms with van der Waals surface area (Å²) in [5.74, 6) is 0.339. The van der Waals surface area contributed by atoms with Crippen molar-refractivity contribution in [1.29, 1.82) is 0 Å². The minimum Gasteiger partial charge on any atom is -0.349 e. The second-order valence-corrected chi connectivity index (χ2v) is 6.51. The first-order valence-corrected chi connectivity index (χ1v) is 8.37. The molecule has 1 unspecified atom stereocenters. The van der Waals surface area contributed by atoms with Gasteiger partial charge < -0.3 is 10.6 Å². The third-order valence-corrected chi connectivity index (χ3v) is 4.90. The molecule has 0 spiro atoms. The number of fused-ring (bicyclic) bond motifs is 1. The Bertz CT molecular complexity index is 506. The Morgan fingerprint density at radius 2 is 2.05 bits per heavy atom. The molecule has 1 amide bonds. The van der Waals surface area contributed by atoms with Crippen LogP contribution in [0.5, 0.6) is 0 Å². The van der Waals surface area contributed by atoms with Crippen molar-refractivity contribution >= 4 is 5.91 Å². The molecule has 2 aliphatic rings. The summed E-state index contributed by atoms with van der Waals surface area (Å²) in [6, 6.07) is 6.85. The van der Waals surface area contributed by atoms with Crippen molar-refractivity contribution in [1.82, 2.24) is 10.6 Å². The van der Waals surface area contributed by atoms with Gasteiger partial charge in [-0.3, -0.25) is 4.79 Å². The maximum atomic E-state index is 12.3. The smallest absolute Gasteiger partial charge is 0.224 e. The molecule has 0 aromatic heterocycles. The normalized spacial score (nSPS) is 23.2. The molecule has 3 heteroatoms. The number of carbonyl (C=O) groups is 1. The maximum absolute atomic E-state index is 12.3. The maximum Gasteiger partial charge on any atom is 0.224 e. The van der Waals surface area contributed by atoms with Crippen molar-refractivity contribution < 1.29 is 4.79 Å². The van der Waals surface area contributed by atoms with Gasteiger partial charge in [0.1, 0.15) is 0 Å². The summed E-state index contributed by atoms with van der Waals surface area (Å²) in [4.78, 5) is 12.3. The summed E-state index contributed by atoms with van der Waals surface area (Å²) in [5.41, 5.74) is 4.23. The molecule has 1 aliphatic heterocycles. The van der Waals surface area contributed by atoms with Gasteiger partial charge in [0.05, 0.1) is 12.0 Å². The number of hydrogen-bond acceptors (Lipinski definition) is 2. The molecule has 2 N–H and O–H groups in total. The lowest BCUT2D eigenvalue weighted by Gasteiger charge is -2.25. The van der Waals surface area contributed by atoms with Gasteiger partial charge in [-0.15, -0.1) is 0 Å². The highest BCUT2D eigenvalue weighted by Crippen LogP contribution is 2.25. The SMILES string of the molecule is CC(NC(=O)[C@H]1CCCNC1)c1ccc2c(c1)CCCC2. The van der Waals surface area contributed by atoms with Gasteiger partial charge in [-0.1, -0.05) is 18.2 Å². The minimum absolute atomic E-state index is 0.103. The summed E-state index contributed by atoms with van der Waals surface area (Å²) in [7, 11) is 0. The van der Waals surface area contributed by atoms with E-state index in [1.165, 1.54) is 42.4 Å². The summed E-state index contributed by atoms with van der Waals surface area (Å²) >= 11 is 0. The molecular weight excluding hydrogens is 260 g/mol. The molecule has 3 rings (SSSR count). The van der Waals surface area contributed by atoms with Crippen LogP contribution in [0.15, 0.2) is 18.2 Å². The summed E-state index contributed by atoms with van der Waals surface area (Å²) in [6.07, 6.45) is 7.12. The van der Waals surface area contributed by atoms with E-state index >= 15 is 0 Å². The van der Waals surface area contributed by atoms with Crippen LogP contribution in [0.3, 0.4) is 0 Å². The molecule has 1 aromatic carbocycles. The van der Waals surface area contributed by atoms with Gasteiger partial charge in [-0.25, -0.2) is 0 Å². The van der Waals surface area contributed by atoms with Crippen molar-refractivity contribution in [2.24, 2.45) is 5.92 Å². The van der Waals surface area contributed by atoms with Gasteiger partial charge in [0.15, 0.2) is 0 Å². The lowest BCUT2D eigenvalue weighted by Crippen LogP contribution is -2.41. The Morgan fingerprint density at radius 1 is 1.24 bits per heavy atom. The second-order valence-electron chi connectivity index (χ2n) is 6.51. The second kappa shape index (κ2) is 6.61. The molecule has 0 bridgehead atoms. The number of hydrogen-bond donors (Lipinski definition) is 2. The van der Waals surface area contributed by atoms with Gasteiger partial charge in [-0.05, 0) is 68.7 Å². The van der Waals surface area contributed by atoms with E-state index in [9.17, 15) is 4.79 Å². The van der Waals surface area contributed by atoms with E-state index in [1.807, 2.05) is 0 Å². The van der Waals surface area contributed by atoms with E-state index < -0.39 is 0 Å². The average molecular weight is 286 g/mol. The van der Waals surface area contributed by atoms with Crippen molar-refractivity contribution in [2.75, 3.05) is 13.1 Å². The van der Waals surface area contributed by atoms with E-state index in [0.717, 1.165) is 25.9 Å². The number of rotatable bonds is 3. The molecule has 0 radical (unpaired) electrons. The summed E-state index contributed by atoms with van der Waals surface area (Å²) in [6.45, 7) is 3.96. The van der Waals surface area contributed by atoms with Crippen LogP contribution < -0.4 is 10.6 Å². The zero-order valence-corrected chi connectivity index (χ0v) is 13.0. The topological polar surface area (TPSA) is 41.1 Å². The zero-order chi connectivity index (χ0) is 14.7. The molecule has 21 heavy (non-hydrogen) atoms. The predicted molar refractivity (Wildman–Crippen MR) is 85.2 cm³/mol. The van der Waals surface area contributed by atoms with Crippen LogP contribution in [0.1, 0.15) is 55.3 Å². The highest BCUT2D eigenvalue weighted by Gasteiger charge is 2.22. The van der Waals surface area contributed by atoms with Crippen LogP contribution in [0.4, 0.5) is 0 Å².